The van der Waals surface area contributed by atoms with Crippen molar-refractivity contribution in [3.63, 3.8) is 0 Å². The number of thiazole rings is 1. The van der Waals surface area contributed by atoms with E-state index in [1.165, 1.54) is 11.3 Å². The van der Waals surface area contributed by atoms with Gasteiger partial charge in [0.1, 0.15) is 4.88 Å². The van der Waals surface area contributed by atoms with Crippen molar-refractivity contribution in [2.24, 2.45) is 0 Å². The number of rotatable bonds is 6. The summed E-state index contributed by atoms with van der Waals surface area (Å²) in [5.41, 5.74) is 1.08. The number of nitrogens with zero attached hydrogens (tertiary/aromatic N) is 2. The van der Waals surface area contributed by atoms with Crippen LogP contribution in [0.2, 0.25) is 0 Å². The fourth-order valence-corrected chi connectivity index (χ4v) is 4.54. The number of benzene rings is 1. The molecule has 2 amide bonds. The molecule has 7 heteroatoms. The first-order valence-corrected chi connectivity index (χ1v) is 10.4. The van der Waals surface area contributed by atoms with Gasteiger partial charge in [-0.15, -0.1) is 11.3 Å². The Balaban J connectivity index is 1.69. The van der Waals surface area contributed by atoms with Crippen LogP contribution in [-0.2, 0) is 4.74 Å². The van der Waals surface area contributed by atoms with Crippen LogP contribution in [0.5, 0.6) is 0 Å². The first-order valence-electron chi connectivity index (χ1n) is 9.54. The molecule has 6 nitrogen and oxygen atoms in total. The summed E-state index contributed by atoms with van der Waals surface area (Å²) < 4.78 is 5.28. The molecule has 150 valence electrons. The third-order valence-corrected chi connectivity index (χ3v) is 6.37. The number of piperidine rings is 1. The molecule has 0 bridgehead atoms. The summed E-state index contributed by atoms with van der Waals surface area (Å²) >= 11 is 1.45. The molecule has 0 atom stereocenters. The number of nitrogens with one attached hydrogen (secondary N) is 1. The summed E-state index contributed by atoms with van der Waals surface area (Å²) in [6.45, 7) is 5.57. The summed E-state index contributed by atoms with van der Waals surface area (Å²) in [6.07, 6.45) is 2.14. The van der Waals surface area contributed by atoms with Gasteiger partial charge in [-0.25, -0.2) is 4.98 Å². The van der Waals surface area contributed by atoms with Crippen LogP contribution in [0.4, 0.5) is 0 Å². The number of aryl methyl sites for hydroxylation is 2. The molecule has 2 heterocycles. The van der Waals surface area contributed by atoms with E-state index in [-0.39, 0.29) is 17.4 Å². The Morgan fingerprint density at radius 2 is 1.89 bits per heavy atom. The normalized spacial score (nSPS) is 16.0. The van der Waals surface area contributed by atoms with Crippen molar-refractivity contribution in [1.29, 1.82) is 0 Å². The number of amides is 2. The van der Waals surface area contributed by atoms with Gasteiger partial charge in [0.05, 0.1) is 10.7 Å². The van der Waals surface area contributed by atoms with Crippen LogP contribution in [0.25, 0.3) is 0 Å². The molecule has 28 heavy (non-hydrogen) atoms. The lowest BCUT2D eigenvalue weighted by atomic mass is 9.84. The molecule has 2 aromatic rings. The van der Waals surface area contributed by atoms with E-state index in [1.54, 1.807) is 7.11 Å². The summed E-state index contributed by atoms with van der Waals surface area (Å²) in [4.78, 5) is 32.6. The molecule has 1 N–H and O–H groups in total. The number of carbonyl (C=O) groups is 2. The fraction of sp³-hybridized carbons (Fsp3) is 0.476. The van der Waals surface area contributed by atoms with Crippen LogP contribution in [0.15, 0.2) is 30.3 Å². The highest BCUT2D eigenvalue weighted by Crippen LogP contribution is 2.29. The fourth-order valence-electron chi connectivity index (χ4n) is 3.65. The van der Waals surface area contributed by atoms with Crippen molar-refractivity contribution >= 4 is 23.2 Å². The van der Waals surface area contributed by atoms with Crippen molar-refractivity contribution in [2.45, 2.75) is 38.6 Å². The molecule has 0 spiro atoms. The van der Waals surface area contributed by atoms with Crippen LogP contribution in [-0.4, -0.2) is 54.0 Å². The van der Waals surface area contributed by atoms with Crippen molar-refractivity contribution in [2.75, 3.05) is 26.8 Å². The minimum Gasteiger partial charge on any atom is -0.385 e. The molecule has 1 aliphatic heterocycles. The van der Waals surface area contributed by atoms with Crippen LogP contribution in [0, 0.1) is 13.8 Å². The highest BCUT2D eigenvalue weighted by atomic mass is 32.1. The van der Waals surface area contributed by atoms with Crippen molar-refractivity contribution in [3.05, 3.63) is 51.5 Å². The highest BCUT2D eigenvalue weighted by molar-refractivity contribution is 7.13. The quantitative estimate of drug-likeness (QED) is 0.807. The van der Waals surface area contributed by atoms with E-state index in [0.29, 0.717) is 38.1 Å². The molecule has 1 aliphatic rings. The zero-order valence-corrected chi connectivity index (χ0v) is 17.5. The Morgan fingerprint density at radius 3 is 2.46 bits per heavy atom. The Labute approximate surface area is 169 Å². The number of methoxy groups -OCH3 is 1. The standard InChI is InChI=1S/C21H27N3O3S/c1-15-18(28-16(2)22-15)20(26)24-12-9-21(10-13-24,11-14-27-3)23-19(25)17-7-5-4-6-8-17/h4-8H,9-14H2,1-3H3,(H,23,25). The summed E-state index contributed by atoms with van der Waals surface area (Å²) in [5, 5.41) is 4.14. The largest absolute Gasteiger partial charge is 0.385 e. The number of ether oxygens (including phenoxy) is 1. The van der Waals surface area contributed by atoms with Gasteiger partial charge in [0.15, 0.2) is 0 Å². The molecule has 0 radical (unpaired) electrons. The van der Waals surface area contributed by atoms with E-state index < -0.39 is 0 Å². The molecule has 0 unspecified atom stereocenters. The Kier molecular flexibility index (Phi) is 6.46. The third-order valence-electron chi connectivity index (χ3n) is 5.30. The molecule has 0 aliphatic carbocycles. The van der Waals surface area contributed by atoms with Gasteiger partial charge >= 0.3 is 0 Å². The van der Waals surface area contributed by atoms with Crippen molar-refractivity contribution in [3.8, 4) is 0 Å². The van der Waals surface area contributed by atoms with Gasteiger partial charge in [-0.2, -0.15) is 0 Å². The first-order chi connectivity index (χ1) is 13.4. The monoisotopic (exact) mass is 401 g/mol. The summed E-state index contributed by atoms with van der Waals surface area (Å²) in [6, 6.07) is 9.24. The first kappa shape index (κ1) is 20.5. The molecule has 1 fully saturated rings. The number of hydrogen-bond donors (Lipinski definition) is 1. The maximum Gasteiger partial charge on any atom is 0.265 e. The minimum absolute atomic E-state index is 0.0397. The Hall–Kier alpha value is -2.25. The van der Waals surface area contributed by atoms with Gasteiger partial charge in [-0.05, 0) is 45.2 Å². The van der Waals surface area contributed by atoms with Gasteiger partial charge < -0.3 is 15.0 Å². The third kappa shape index (κ3) is 4.59. The lowest BCUT2D eigenvalue weighted by Gasteiger charge is -2.42. The average molecular weight is 402 g/mol. The van der Waals surface area contributed by atoms with E-state index in [0.717, 1.165) is 22.0 Å². The minimum atomic E-state index is -0.363. The lowest BCUT2D eigenvalue weighted by molar-refractivity contribution is 0.0562. The zero-order chi connectivity index (χ0) is 20.1. The maximum atomic E-state index is 12.9. The van der Waals surface area contributed by atoms with Crippen LogP contribution in [0.3, 0.4) is 0 Å². The summed E-state index contributed by atoms with van der Waals surface area (Å²) in [5.74, 6) is -0.0387. The number of likely N-dealkylation sites (tertiary alicyclic amines) is 1. The number of carbonyl (C=O) groups excluding carboxylic acids is 2. The molecule has 3 rings (SSSR count). The van der Waals surface area contributed by atoms with Crippen molar-refractivity contribution < 1.29 is 14.3 Å². The van der Waals surface area contributed by atoms with Crippen molar-refractivity contribution in [1.82, 2.24) is 15.2 Å². The number of aromatic nitrogens is 1. The molecule has 1 aromatic heterocycles. The Bertz CT molecular complexity index is 827. The van der Waals surface area contributed by atoms with E-state index in [4.69, 9.17) is 4.74 Å². The van der Waals surface area contributed by atoms with Gasteiger partial charge in [0.25, 0.3) is 11.8 Å². The maximum absolute atomic E-state index is 12.9. The second kappa shape index (κ2) is 8.84. The van der Waals surface area contributed by atoms with Gasteiger partial charge in [0, 0.05) is 37.9 Å². The molecule has 1 aromatic carbocycles. The second-order valence-corrected chi connectivity index (χ2v) is 8.49. The SMILES string of the molecule is COCCC1(NC(=O)c2ccccc2)CCN(C(=O)c2sc(C)nc2C)CC1. The molecule has 1 saturated heterocycles. The smallest absolute Gasteiger partial charge is 0.265 e. The van der Waals surface area contributed by atoms with Crippen LogP contribution < -0.4 is 5.32 Å². The molecular formula is C21H27N3O3S. The zero-order valence-electron chi connectivity index (χ0n) is 16.7. The predicted molar refractivity (Wildman–Crippen MR) is 110 cm³/mol. The van der Waals surface area contributed by atoms with Crippen LogP contribution >= 0.6 is 11.3 Å². The predicted octanol–water partition coefficient (Wildman–Crippen LogP) is 3.20. The lowest BCUT2D eigenvalue weighted by Crippen LogP contribution is -2.56. The van der Waals surface area contributed by atoms with E-state index in [1.807, 2.05) is 49.1 Å². The van der Waals surface area contributed by atoms with E-state index in [2.05, 4.69) is 10.3 Å². The van der Waals surface area contributed by atoms with Gasteiger partial charge in [0.2, 0.25) is 0 Å². The average Bonchev–Trinajstić information content (AvgIpc) is 3.05. The summed E-state index contributed by atoms with van der Waals surface area (Å²) in [7, 11) is 1.67. The second-order valence-electron chi connectivity index (χ2n) is 7.28. The van der Waals surface area contributed by atoms with E-state index in [9.17, 15) is 9.59 Å². The van der Waals surface area contributed by atoms with Gasteiger partial charge in [-0.3, -0.25) is 9.59 Å². The topological polar surface area (TPSA) is 71.5 Å². The van der Waals surface area contributed by atoms with E-state index >= 15 is 0 Å². The molecular weight excluding hydrogens is 374 g/mol. The Morgan fingerprint density at radius 1 is 1.21 bits per heavy atom. The molecule has 0 saturated carbocycles. The van der Waals surface area contributed by atoms with Gasteiger partial charge in [-0.1, -0.05) is 18.2 Å². The number of hydrogen-bond acceptors (Lipinski definition) is 5. The van der Waals surface area contributed by atoms with Crippen LogP contribution in [0.1, 0.15) is 50.0 Å². The highest BCUT2D eigenvalue weighted by Gasteiger charge is 2.37.